The van der Waals surface area contributed by atoms with Crippen LogP contribution in [0.5, 0.6) is 0 Å². The molecule has 2 aliphatic rings. The summed E-state index contributed by atoms with van der Waals surface area (Å²) in [6.07, 6.45) is -3.60. The zero-order valence-corrected chi connectivity index (χ0v) is 49.2. The molecule has 21 heteroatoms. The lowest BCUT2D eigenvalue weighted by Crippen LogP contribution is -2.59. The number of fused-ring (bicyclic) bond motifs is 2. The summed E-state index contributed by atoms with van der Waals surface area (Å²) in [5, 5.41) is 133. The average molecular weight is 1140 g/mol. The van der Waals surface area contributed by atoms with Gasteiger partial charge in [0.2, 0.25) is 0 Å². The molecule has 0 amide bonds. The molecule has 2 heterocycles. The monoisotopic (exact) mass is 1140 g/mol. The van der Waals surface area contributed by atoms with Crippen molar-refractivity contribution in [2.75, 3.05) is 6.54 Å². The lowest BCUT2D eigenvalue weighted by Gasteiger charge is -2.45. The average Bonchev–Trinajstić information content (AvgIpc) is 3.37. The standard InChI is InChI=1S/C59H105N3O18/c1-33(18-14-12-10-11-13-15-25-62-58(60)61)26-37(5)55-36(4)20-16-19-34(2)52(72)39(7)48(67)28-43(64)27-44(78-51(71)31-50(69)70)29-45-30-49(68)56(75)59(77,80-45)32-42(63)21-17-22-46(65)38(6)54(74)41(9)53(73)35(3)23-24-47(66)40(8)57(76)79-55/h10-11,19,23-24,33,35-49,52-56,63-68,72-75,77H,12-18,20-22,25-32H2,1-9H3,(H,69,70)(H4,60,61,62)/b11-10+,24-23+,34-19+. The minimum absolute atomic E-state index is 0.0257. The summed E-state index contributed by atoms with van der Waals surface area (Å²) in [6.45, 7) is 16.6. The molecule has 0 aromatic heterocycles. The molecule has 1 saturated heterocycles. The van der Waals surface area contributed by atoms with Crippen LogP contribution in [0.25, 0.3) is 0 Å². The molecule has 21 nitrogen and oxygen atoms in total. The number of allylic oxidation sites excluding steroid dienone is 3. The Balaban J connectivity index is 2.45. The molecular weight excluding hydrogens is 1040 g/mol. The van der Waals surface area contributed by atoms with Crippen molar-refractivity contribution in [2.45, 2.75) is 257 Å². The Morgan fingerprint density at radius 1 is 0.800 bits per heavy atom. The molecule has 22 atom stereocenters. The summed E-state index contributed by atoms with van der Waals surface area (Å²) in [6, 6.07) is 0. The van der Waals surface area contributed by atoms with Crippen LogP contribution in [-0.2, 0) is 28.6 Å². The molecule has 0 saturated carbocycles. The van der Waals surface area contributed by atoms with E-state index < -0.39 is 145 Å². The van der Waals surface area contributed by atoms with E-state index in [4.69, 9.17) is 25.7 Å². The van der Waals surface area contributed by atoms with Crippen LogP contribution in [0.3, 0.4) is 0 Å². The number of carboxylic acids is 1. The van der Waals surface area contributed by atoms with Gasteiger partial charge in [-0.25, -0.2) is 0 Å². The van der Waals surface area contributed by atoms with Gasteiger partial charge in [-0.1, -0.05) is 85.3 Å². The third-order valence-electron chi connectivity index (χ3n) is 16.6. The van der Waals surface area contributed by atoms with Gasteiger partial charge >= 0.3 is 17.9 Å². The maximum absolute atomic E-state index is 13.9. The predicted octanol–water partition coefficient (Wildman–Crippen LogP) is 3.66. The maximum Gasteiger partial charge on any atom is 0.317 e. The fraction of sp³-hybridized carbons (Fsp3) is 0.831. The lowest BCUT2D eigenvalue weighted by atomic mass is 9.81. The number of esters is 2. The Kier molecular flexibility index (Phi) is 32.8. The van der Waals surface area contributed by atoms with Gasteiger partial charge in [0.05, 0.1) is 67.0 Å². The van der Waals surface area contributed by atoms with Crippen molar-refractivity contribution in [1.29, 1.82) is 0 Å². The number of aliphatic carboxylic acids is 1. The van der Waals surface area contributed by atoms with Crippen molar-refractivity contribution in [3.63, 3.8) is 0 Å². The zero-order chi connectivity index (χ0) is 60.6. The molecule has 0 aromatic rings. The molecule has 2 aliphatic heterocycles. The number of nitrogens with two attached hydrogens (primary N) is 2. The van der Waals surface area contributed by atoms with Crippen molar-refractivity contribution in [3.8, 4) is 0 Å². The van der Waals surface area contributed by atoms with Crippen molar-refractivity contribution >= 4 is 23.9 Å². The van der Waals surface area contributed by atoms with Gasteiger partial charge in [-0.05, 0) is 108 Å². The number of aliphatic imine (C=N–C) groups is 1. The quantitative estimate of drug-likeness (QED) is 0.0295. The molecule has 2 rings (SSSR count). The highest BCUT2D eigenvalue weighted by Gasteiger charge is 2.50. The van der Waals surface area contributed by atoms with Crippen LogP contribution in [-0.4, -0.2) is 177 Å². The number of carbonyl (C=O) groups excluding carboxylic acids is 2. The van der Waals surface area contributed by atoms with Gasteiger partial charge in [0.25, 0.3) is 0 Å². The second kappa shape index (κ2) is 36.2. The first kappa shape index (κ1) is 72.5. The van der Waals surface area contributed by atoms with Gasteiger partial charge in [-0.2, -0.15) is 0 Å². The Morgan fingerprint density at radius 2 is 1.45 bits per heavy atom. The van der Waals surface area contributed by atoms with Gasteiger partial charge in [0.1, 0.15) is 24.7 Å². The van der Waals surface area contributed by atoms with Crippen LogP contribution in [0.2, 0.25) is 0 Å². The second-order valence-electron chi connectivity index (χ2n) is 23.9. The van der Waals surface area contributed by atoms with E-state index in [0.29, 0.717) is 30.9 Å². The number of cyclic esters (lactones) is 1. The molecule has 0 aromatic carbocycles. The van der Waals surface area contributed by atoms with E-state index in [9.17, 15) is 75.7 Å². The van der Waals surface area contributed by atoms with Gasteiger partial charge in [0.15, 0.2) is 11.7 Å². The number of hydrogen-bond donors (Lipinski definition) is 14. The van der Waals surface area contributed by atoms with Crippen molar-refractivity contribution in [1.82, 2.24) is 0 Å². The number of ether oxygens (including phenoxy) is 3. The number of rotatable bonds is 14. The van der Waals surface area contributed by atoms with Crippen LogP contribution >= 0.6 is 0 Å². The molecule has 464 valence electrons. The molecule has 0 spiro atoms. The lowest BCUT2D eigenvalue weighted by molar-refractivity contribution is -0.332. The normalized spacial score (nSPS) is 38.8. The smallest absolute Gasteiger partial charge is 0.317 e. The van der Waals surface area contributed by atoms with Crippen LogP contribution < -0.4 is 11.5 Å². The molecule has 0 aliphatic carbocycles. The van der Waals surface area contributed by atoms with Crippen LogP contribution in [0, 0.1) is 47.3 Å². The van der Waals surface area contributed by atoms with E-state index >= 15 is 0 Å². The fourth-order valence-electron chi connectivity index (χ4n) is 11.2. The third kappa shape index (κ3) is 25.5. The Bertz CT molecular complexity index is 1940. The van der Waals surface area contributed by atoms with Crippen LogP contribution in [0.15, 0.2) is 40.9 Å². The summed E-state index contributed by atoms with van der Waals surface area (Å²) < 4.78 is 17.6. The fourth-order valence-corrected chi connectivity index (χ4v) is 11.2. The maximum atomic E-state index is 13.9. The zero-order valence-electron chi connectivity index (χ0n) is 49.2. The Morgan fingerprint density at radius 3 is 2.09 bits per heavy atom. The van der Waals surface area contributed by atoms with E-state index in [1.54, 1.807) is 47.6 Å². The first-order valence-electron chi connectivity index (χ1n) is 29.3. The number of nitrogens with zero attached hydrogens (tertiary/aromatic N) is 1. The number of guanidine groups is 1. The largest absolute Gasteiger partial charge is 0.481 e. The van der Waals surface area contributed by atoms with E-state index in [2.05, 4.69) is 24.1 Å². The van der Waals surface area contributed by atoms with Crippen molar-refractivity contribution in [3.05, 3.63) is 36.0 Å². The highest BCUT2D eigenvalue weighted by Crippen LogP contribution is 2.36. The van der Waals surface area contributed by atoms with Crippen LogP contribution in [0.4, 0.5) is 0 Å². The van der Waals surface area contributed by atoms with Crippen molar-refractivity contribution in [2.24, 2.45) is 63.8 Å². The Labute approximate surface area is 475 Å². The van der Waals surface area contributed by atoms with E-state index in [1.807, 2.05) is 19.9 Å². The number of hydrogen-bond acceptors (Lipinski definition) is 18. The molecular formula is C59H105N3O18. The molecule has 16 N–H and O–H groups in total. The van der Waals surface area contributed by atoms with E-state index in [-0.39, 0.29) is 62.7 Å². The molecule has 80 heavy (non-hydrogen) atoms. The minimum atomic E-state index is -2.52. The van der Waals surface area contributed by atoms with Gasteiger partial charge in [0, 0.05) is 55.9 Å². The molecule has 2 bridgehead atoms. The topological polar surface area (TPSA) is 386 Å². The summed E-state index contributed by atoms with van der Waals surface area (Å²) in [5.74, 6) is -9.58. The highest BCUT2D eigenvalue weighted by molar-refractivity contribution is 5.90. The van der Waals surface area contributed by atoms with Gasteiger partial charge < -0.3 is 87.0 Å². The summed E-state index contributed by atoms with van der Waals surface area (Å²) in [5.41, 5.74) is 11.3. The van der Waals surface area contributed by atoms with Gasteiger partial charge in [-0.15, -0.1) is 0 Å². The number of aliphatic hydroxyl groups excluding tert-OH is 10. The highest BCUT2D eigenvalue weighted by atomic mass is 16.7. The van der Waals surface area contributed by atoms with E-state index in [0.717, 1.165) is 38.5 Å². The second-order valence-corrected chi connectivity index (χ2v) is 23.9. The third-order valence-corrected chi connectivity index (χ3v) is 16.6. The van der Waals surface area contributed by atoms with Gasteiger partial charge in [-0.3, -0.25) is 19.4 Å². The Hall–Kier alpha value is -3.58. The first-order valence-corrected chi connectivity index (χ1v) is 29.3. The number of aliphatic hydroxyl groups is 11. The summed E-state index contributed by atoms with van der Waals surface area (Å²) in [7, 11) is 0. The van der Waals surface area contributed by atoms with Crippen molar-refractivity contribution < 1.29 is 89.9 Å². The van der Waals surface area contributed by atoms with E-state index in [1.165, 1.54) is 6.08 Å². The molecule has 1 fully saturated rings. The first-order chi connectivity index (χ1) is 37.4. The van der Waals surface area contributed by atoms with Crippen LogP contribution in [0.1, 0.15) is 171 Å². The number of unbranched alkanes of at least 4 members (excludes halogenated alkanes) is 2. The SMILES string of the molecule is C/C1=C\CCC(C)C(C(C)CC(C)CCC/C=C/CCCN=C(N)N)OC(=O)C(C)C(O)/C=C/C(C)C(O)C(C)C(O)C(C)C(O)CCCC(O)CC2(O)OC(CC(OC(=O)CC(=O)O)CC(O)CC(O)C(C)C1O)CC(O)C2O. The predicted molar refractivity (Wildman–Crippen MR) is 302 cm³/mol. The molecule has 0 radical (unpaired) electrons. The summed E-state index contributed by atoms with van der Waals surface area (Å²) >= 11 is 0. The molecule has 22 unspecified atom stereocenters. The summed E-state index contributed by atoms with van der Waals surface area (Å²) in [4.78, 5) is 42.0. The number of carboxylic acid groups (broad SMARTS) is 1. The number of carbonyl (C=O) groups is 3. The minimum Gasteiger partial charge on any atom is -0.481 e.